The lowest BCUT2D eigenvalue weighted by Crippen LogP contribution is -2.23. The molecule has 0 saturated heterocycles. The predicted molar refractivity (Wildman–Crippen MR) is 72.7 cm³/mol. The maximum atomic E-state index is 12.5. The standard InChI is InChI=1S/C14H17N3O3/c1-20-12(18)6-7-16-8-9-17-13(14(16)19)10-4-2-3-5-11(10)15-17/h8-9H,2-7H2,1H3. The highest BCUT2D eigenvalue weighted by molar-refractivity contribution is 5.69. The third-order valence-electron chi connectivity index (χ3n) is 3.82. The first-order chi connectivity index (χ1) is 9.70. The first-order valence-electron chi connectivity index (χ1n) is 6.87. The van der Waals surface area contributed by atoms with Gasteiger partial charge in [-0.15, -0.1) is 0 Å². The molecule has 0 N–H and O–H groups in total. The molecule has 0 amide bonds. The van der Waals surface area contributed by atoms with Crippen molar-refractivity contribution in [3.05, 3.63) is 34.0 Å². The van der Waals surface area contributed by atoms with Crippen molar-refractivity contribution in [3.63, 3.8) is 0 Å². The van der Waals surface area contributed by atoms with E-state index < -0.39 is 0 Å². The predicted octanol–water partition coefficient (Wildman–Crippen LogP) is 0.938. The van der Waals surface area contributed by atoms with Gasteiger partial charge in [-0.25, -0.2) is 4.52 Å². The molecule has 0 radical (unpaired) electrons. The van der Waals surface area contributed by atoms with Crippen LogP contribution in [0.5, 0.6) is 0 Å². The van der Waals surface area contributed by atoms with Crippen molar-refractivity contribution in [1.82, 2.24) is 14.2 Å². The Morgan fingerprint density at radius 1 is 1.35 bits per heavy atom. The van der Waals surface area contributed by atoms with Gasteiger partial charge in [0.1, 0.15) is 5.52 Å². The Morgan fingerprint density at radius 3 is 2.95 bits per heavy atom. The lowest BCUT2D eigenvalue weighted by Gasteiger charge is -2.09. The lowest BCUT2D eigenvalue weighted by molar-refractivity contribution is -0.140. The fraction of sp³-hybridized carbons (Fsp3) is 0.500. The van der Waals surface area contributed by atoms with Gasteiger partial charge in [-0.2, -0.15) is 5.10 Å². The number of methoxy groups -OCH3 is 1. The maximum absolute atomic E-state index is 12.5. The fourth-order valence-electron chi connectivity index (χ4n) is 2.75. The second-order valence-electron chi connectivity index (χ2n) is 5.05. The van der Waals surface area contributed by atoms with Gasteiger partial charge in [0.15, 0.2) is 0 Å². The number of esters is 1. The van der Waals surface area contributed by atoms with Crippen LogP contribution in [0.3, 0.4) is 0 Å². The molecule has 0 fully saturated rings. The SMILES string of the molecule is COC(=O)CCn1ccn2nc3c(c2c1=O)CCCC3. The van der Waals surface area contributed by atoms with Gasteiger partial charge < -0.3 is 9.30 Å². The van der Waals surface area contributed by atoms with Crippen LogP contribution in [-0.2, 0) is 28.9 Å². The van der Waals surface area contributed by atoms with E-state index in [0.717, 1.165) is 36.9 Å². The summed E-state index contributed by atoms with van der Waals surface area (Å²) in [5.74, 6) is -0.313. The van der Waals surface area contributed by atoms with Gasteiger partial charge in [0.05, 0.1) is 19.2 Å². The number of hydrogen-bond acceptors (Lipinski definition) is 4. The molecule has 106 valence electrons. The van der Waals surface area contributed by atoms with Gasteiger partial charge in [-0.1, -0.05) is 0 Å². The van der Waals surface area contributed by atoms with Gasteiger partial charge in [-0.05, 0) is 25.7 Å². The molecule has 2 aromatic heterocycles. The Labute approximate surface area is 116 Å². The van der Waals surface area contributed by atoms with Gasteiger partial charge in [0.2, 0.25) is 0 Å². The summed E-state index contributed by atoms with van der Waals surface area (Å²) < 4.78 is 7.83. The van der Waals surface area contributed by atoms with Crippen molar-refractivity contribution in [2.75, 3.05) is 7.11 Å². The van der Waals surface area contributed by atoms with Crippen molar-refractivity contribution >= 4 is 11.5 Å². The molecule has 3 rings (SSSR count). The van der Waals surface area contributed by atoms with Crippen LogP contribution in [0.4, 0.5) is 0 Å². The number of fused-ring (bicyclic) bond motifs is 3. The number of hydrogen-bond donors (Lipinski definition) is 0. The molecule has 6 nitrogen and oxygen atoms in total. The number of aryl methyl sites for hydroxylation is 3. The van der Waals surface area contributed by atoms with Crippen molar-refractivity contribution in [2.24, 2.45) is 0 Å². The van der Waals surface area contributed by atoms with E-state index in [1.165, 1.54) is 7.11 Å². The highest BCUT2D eigenvalue weighted by Crippen LogP contribution is 2.22. The number of carbonyl (C=O) groups excluding carboxylic acids is 1. The van der Waals surface area contributed by atoms with Crippen LogP contribution in [0.15, 0.2) is 17.2 Å². The summed E-state index contributed by atoms with van der Waals surface area (Å²) in [7, 11) is 1.35. The summed E-state index contributed by atoms with van der Waals surface area (Å²) in [6.07, 6.45) is 7.75. The molecule has 20 heavy (non-hydrogen) atoms. The highest BCUT2D eigenvalue weighted by Gasteiger charge is 2.19. The maximum Gasteiger partial charge on any atom is 0.307 e. The van der Waals surface area contributed by atoms with Crippen LogP contribution < -0.4 is 5.56 Å². The molecule has 0 saturated carbocycles. The first kappa shape index (κ1) is 12.9. The van der Waals surface area contributed by atoms with E-state index in [2.05, 4.69) is 9.84 Å². The zero-order valence-electron chi connectivity index (χ0n) is 11.5. The fourth-order valence-corrected chi connectivity index (χ4v) is 2.75. The van der Waals surface area contributed by atoms with Crippen molar-refractivity contribution < 1.29 is 9.53 Å². The highest BCUT2D eigenvalue weighted by atomic mass is 16.5. The van der Waals surface area contributed by atoms with E-state index in [-0.39, 0.29) is 17.9 Å². The second-order valence-corrected chi connectivity index (χ2v) is 5.05. The Morgan fingerprint density at radius 2 is 2.15 bits per heavy atom. The second kappa shape index (κ2) is 5.11. The summed E-state index contributed by atoms with van der Waals surface area (Å²) in [6, 6.07) is 0. The average Bonchev–Trinajstić information content (AvgIpc) is 2.85. The Hall–Kier alpha value is -2.11. The smallest absolute Gasteiger partial charge is 0.307 e. The molecule has 0 aromatic carbocycles. The molecule has 2 heterocycles. The number of ether oxygens (including phenoxy) is 1. The van der Waals surface area contributed by atoms with Gasteiger partial charge in [0, 0.05) is 24.5 Å². The molecule has 0 aliphatic heterocycles. The topological polar surface area (TPSA) is 65.6 Å². The number of nitrogens with zero attached hydrogens (tertiary/aromatic N) is 3. The van der Waals surface area contributed by atoms with Crippen molar-refractivity contribution in [2.45, 2.75) is 38.6 Å². The van der Waals surface area contributed by atoms with Crippen molar-refractivity contribution in [1.29, 1.82) is 0 Å². The molecule has 1 aliphatic rings. The summed E-state index contributed by atoms with van der Waals surface area (Å²) in [5.41, 5.74) is 2.70. The van der Waals surface area contributed by atoms with E-state index in [1.807, 2.05) is 0 Å². The van der Waals surface area contributed by atoms with Crippen LogP contribution in [0.2, 0.25) is 0 Å². The third kappa shape index (κ3) is 2.11. The molecule has 0 unspecified atom stereocenters. The molecular formula is C14H17N3O3. The molecule has 1 aliphatic carbocycles. The minimum absolute atomic E-state index is 0.0768. The van der Waals surface area contributed by atoms with Gasteiger partial charge in [0.25, 0.3) is 5.56 Å². The van der Waals surface area contributed by atoms with E-state index in [1.54, 1.807) is 21.5 Å². The molecule has 0 spiro atoms. The van der Waals surface area contributed by atoms with E-state index in [0.29, 0.717) is 12.1 Å². The quantitative estimate of drug-likeness (QED) is 0.782. The number of carbonyl (C=O) groups is 1. The van der Waals surface area contributed by atoms with Gasteiger partial charge in [-0.3, -0.25) is 9.59 Å². The number of aromatic nitrogens is 3. The summed E-state index contributed by atoms with van der Waals surface area (Å²) >= 11 is 0. The number of rotatable bonds is 3. The van der Waals surface area contributed by atoms with Crippen LogP contribution in [-0.4, -0.2) is 27.3 Å². The minimum atomic E-state index is -0.313. The first-order valence-corrected chi connectivity index (χ1v) is 6.87. The summed E-state index contributed by atoms with van der Waals surface area (Å²) in [6.45, 7) is 0.335. The third-order valence-corrected chi connectivity index (χ3v) is 3.82. The Balaban J connectivity index is 2.01. The average molecular weight is 275 g/mol. The monoisotopic (exact) mass is 275 g/mol. The van der Waals surface area contributed by atoms with Crippen LogP contribution in [0.25, 0.3) is 5.52 Å². The largest absolute Gasteiger partial charge is 0.469 e. The van der Waals surface area contributed by atoms with E-state index >= 15 is 0 Å². The molecule has 2 aromatic rings. The molecule has 6 heteroatoms. The van der Waals surface area contributed by atoms with E-state index in [9.17, 15) is 9.59 Å². The summed E-state index contributed by atoms with van der Waals surface area (Å²) in [5, 5.41) is 4.48. The van der Waals surface area contributed by atoms with E-state index in [4.69, 9.17) is 0 Å². The lowest BCUT2D eigenvalue weighted by atomic mass is 9.97. The Kier molecular flexibility index (Phi) is 3.30. The van der Waals surface area contributed by atoms with Crippen molar-refractivity contribution in [3.8, 4) is 0 Å². The van der Waals surface area contributed by atoms with Gasteiger partial charge >= 0.3 is 5.97 Å². The zero-order valence-corrected chi connectivity index (χ0v) is 11.5. The van der Waals surface area contributed by atoms with Crippen LogP contribution >= 0.6 is 0 Å². The molecule has 0 atom stereocenters. The normalized spacial score (nSPS) is 14.2. The van der Waals surface area contributed by atoms with Crippen LogP contribution in [0.1, 0.15) is 30.5 Å². The minimum Gasteiger partial charge on any atom is -0.469 e. The summed E-state index contributed by atoms with van der Waals surface area (Å²) in [4.78, 5) is 23.7. The molecular weight excluding hydrogens is 258 g/mol. The Bertz CT molecular complexity index is 714. The van der Waals surface area contributed by atoms with Crippen LogP contribution in [0, 0.1) is 0 Å². The zero-order chi connectivity index (χ0) is 14.1. The molecule has 0 bridgehead atoms.